The van der Waals surface area contributed by atoms with E-state index in [4.69, 9.17) is 15.3 Å². The summed E-state index contributed by atoms with van der Waals surface area (Å²) >= 11 is 0. The topological polar surface area (TPSA) is 94.2 Å². The highest BCUT2D eigenvalue weighted by molar-refractivity contribution is 5.98. The molecule has 0 radical (unpaired) electrons. The SMILES string of the molecule is CCOc1ccc(C(=O)CCC(=O)N(CC#N)CC#N)cc1. The molecule has 6 nitrogen and oxygen atoms in total. The molecule has 1 rings (SSSR count). The van der Waals surface area contributed by atoms with E-state index in [1.54, 1.807) is 24.3 Å². The van der Waals surface area contributed by atoms with Crippen molar-refractivity contribution in [3.63, 3.8) is 0 Å². The molecule has 22 heavy (non-hydrogen) atoms. The van der Waals surface area contributed by atoms with Crippen LogP contribution in [0.2, 0.25) is 0 Å². The van der Waals surface area contributed by atoms with Gasteiger partial charge >= 0.3 is 0 Å². The molecule has 0 saturated carbocycles. The number of carbonyl (C=O) groups excluding carboxylic acids is 2. The van der Waals surface area contributed by atoms with Crippen molar-refractivity contribution >= 4 is 11.7 Å². The van der Waals surface area contributed by atoms with Crippen molar-refractivity contribution in [3.8, 4) is 17.9 Å². The minimum atomic E-state index is -0.373. The van der Waals surface area contributed by atoms with E-state index >= 15 is 0 Å². The summed E-state index contributed by atoms with van der Waals surface area (Å²) in [6.45, 7) is 2.13. The van der Waals surface area contributed by atoms with Crippen LogP contribution in [0.4, 0.5) is 0 Å². The van der Waals surface area contributed by atoms with Gasteiger partial charge in [0.1, 0.15) is 18.8 Å². The molecule has 114 valence electrons. The van der Waals surface area contributed by atoms with Crippen molar-refractivity contribution < 1.29 is 14.3 Å². The van der Waals surface area contributed by atoms with Gasteiger partial charge in [-0.25, -0.2) is 0 Å². The lowest BCUT2D eigenvalue weighted by atomic mass is 10.1. The summed E-state index contributed by atoms with van der Waals surface area (Å²) in [7, 11) is 0. The van der Waals surface area contributed by atoms with Gasteiger partial charge in [-0.2, -0.15) is 10.5 Å². The monoisotopic (exact) mass is 299 g/mol. The van der Waals surface area contributed by atoms with Gasteiger partial charge in [0, 0.05) is 18.4 Å². The molecule has 0 aliphatic carbocycles. The molecule has 1 amide bonds. The van der Waals surface area contributed by atoms with Crippen molar-refractivity contribution in [1.29, 1.82) is 10.5 Å². The third-order valence-electron chi connectivity index (χ3n) is 2.93. The van der Waals surface area contributed by atoms with Crippen LogP contribution in [0.5, 0.6) is 5.75 Å². The van der Waals surface area contributed by atoms with Gasteiger partial charge in [-0.15, -0.1) is 0 Å². The van der Waals surface area contributed by atoms with E-state index < -0.39 is 0 Å². The quantitative estimate of drug-likeness (QED) is 0.540. The number of ether oxygens (including phenoxy) is 1. The van der Waals surface area contributed by atoms with Crippen molar-refractivity contribution in [1.82, 2.24) is 4.90 Å². The standard InChI is InChI=1S/C16H17N3O3/c1-2-22-14-5-3-13(4-6-14)15(20)7-8-16(21)19(11-9-17)12-10-18/h3-6H,2,7-8,11-12H2,1H3. The smallest absolute Gasteiger partial charge is 0.224 e. The zero-order chi connectivity index (χ0) is 16.4. The van der Waals surface area contributed by atoms with Gasteiger partial charge in [-0.3, -0.25) is 9.59 Å². The zero-order valence-electron chi connectivity index (χ0n) is 12.4. The molecule has 0 unspecified atom stereocenters. The number of benzene rings is 1. The number of carbonyl (C=O) groups is 2. The molecule has 0 saturated heterocycles. The first kappa shape index (κ1) is 17.2. The number of hydrogen-bond donors (Lipinski definition) is 0. The Morgan fingerprint density at radius 3 is 2.18 bits per heavy atom. The number of amides is 1. The summed E-state index contributed by atoms with van der Waals surface area (Å²) in [6, 6.07) is 10.4. The molecule has 0 fully saturated rings. The Morgan fingerprint density at radius 1 is 1.09 bits per heavy atom. The Balaban J connectivity index is 2.56. The molecule has 1 aromatic rings. The Labute approximate surface area is 129 Å². The molecule has 0 bridgehead atoms. The fourth-order valence-electron chi connectivity index (χ4n) is 1.83. The highest BCUT2D eigenvalue weighted by atomic mass is 16.5. The van der Waals surface area contributed by atoms with Gasteiger partial charge in [-0.05, 0) is 31.2 Å². The summed E-state index contributed by atoms with van der Waals surface area (Å²) in [5.41, 5.74) is 0.503. The Kier molecular flexibility index (Phi) is 7.15. The van der Waals surface area contributed by atoms with Gasteiger partial charge in [0.05, 0.1) is 18.7 Å². The molecular formula is C16H17N3O3. The summed E-state index contributed by atoms with van der Waals surface area (Å²) in [5, 5.41) is 17.2. The molecule has 1 aromatic carbocycles. The van der Waals surface area contributed by atoms with Gasteiger partial charge in [0.2, 0.25) is 5.91 Å². The Morgan fingerprint density at radius 2 is 1.68 bits per heavy atom. The van der Waals surface area contributed by atoms with Crippen molar-refractivity contribution in [2.24, 2.45) is 0 Å². The Bertz CT molecular complexity index is 581. The van der Waals surface area contributed by atoms with Gasteiger partial charge in [0.15, 0.2) is 5.78 Å². The largest absolute Gasteiger partial charge is 0.494 e. The number of nitriles is 2. The number of nitrogens with zero attached hydrogens (tertiary/aromatic N) is 3. The lowest BCUT2D eigenvalue weighted by Crippen LogP contribution is -2.31. The van der Waals surface area contributed by atoms with E-state index in [1.165, 1.54) is 0 Å². The third kappa shape index (κ3) is 5.26. The number of Topliss-reactive ketones (excluding diaryl/α,β-unsaturated/α-hetero) is 1. The normalized spacial score (nSPS) is 9.41. The lowest BCUT2D eigenvalue weighted by molar-refractivity contribution is -0.130. The van der Waals surface area contributed by atoms with Crippen molar-refractivity contribution in [2.45, 2.75) is 19.8 Å². The minimum absolute atomic E-state index is 0.0184. The Hall–Kier alpha value is -2.86. The van der Waals surface area contributed by atoms with Crippen LogP contribution in [0.3, 0.4) is 0 Å². The van der Waals surface area contributed by atoms with Crippen LogP contribution in [-0.2, 0) is 4.79 Å². The van der Waals surface area contributed by atoms with Crippen LogP contribution >= 0.6 is 0 Å². The second-order valence-corrected chi connectivity index (χ2v) is 4.45. The first-order valence-corrected chi connectivity index (χ1v) is 6.90. The third-order valence-corrected chi connectivity index (χ3v) is 2.93. The van der Waals surface area contributed by atoms with E-state index in [2.05, 4.69) is 0 Å². The predicted octanol–water partition coefficient (Wildman–Crippen LogP) is 1.92. The van der Waals surface area contributed by atoms with Crippen LogP contribution in [0.25, 0.3) is 0 Å². The second kappa shape index (κ2) is 9.15. The molecule has 0 N–H and O–H groups in total. The van der Waals surface area contributed by atoms with Crippen molar-refractivity contribution in [3.05, 3.63) is 29.8 Å². The van der Waals surface area contributed by atoms with Gasteiger partial charge < -0.3 is 9.64 Å². The van der Waals surface area contributed by atoms with E-state index in [9.17, 15) is 9.59 Å². The highest BCUT2D eigenvalue weighted by Gasteiger charge is 2.15. The van der Waals surface area contributed by atoms with Gasteiger partial charge in [0.25, 0.3) is 0 Å². The maximum Gasteiger partial charge on any atom is 0.224 e. The zero-order valence-corrected chi connectivity index (χ0v) is 12.4. The molecule has 6 heteroatoms. The fourth-order valence-corrected chi connectivity index (χ4v) is 1.83. The average Bonchev–Trinajstić information content (AvgIpc) is 2.53. The summed E-state index contributed by atoms with van der Waals surface area (Å²) in [5.74, 6) is 0.150. The van der Waals surface area contributed by atoms with E-state index in [0.717, 1.165) is 4.90 Å². The van der Waals surface area contributed by atoms with Crippen LogP contribution in [-0.4, -0.2) is 36.3 Å². The molecule has 0 atom stereocenters. The fraction of sp³-hybridized carbons (Fsp3) is 0.375. The molecular weight excluding hydrogens is 282 g/mol. The van der Waals surface area contributed by atoms with E-state index in [-0.39, 0.29) is 37.6 Å². The van der Waals surface area contributed by atoms with Crippen molar-refractivity contribution in [2.75, 3.05) is 19.7 Å². The van der Waals surface area contributed by atoms with Crippen LogP contribution in [0.15, 0.2) is 24.3 Å². The number of ketones is 1. The highest BCUT2D eigenvalue weighted by Crippen LogP contribution is 2.14. The predicted molar refractivity (Wildman–Crippen MR) is 79.0 cm³/mol. The minimum Gasteiger partial charge on any atom is -0.494 e. The first-order valence-electron chi connectivity index (χ1n) is 6.90. The maximum absolute atomic E-state index is 12.0. The summed E-state index contributed by atoms with van der Waals surface area (Å²) < 4.78 is 5.29. The van der Waals surface area contributed by atoms with Gasteiger partial charge in [-0.1, -0.05) is 0 Å². The van der Waals surface area contributed by atoms with Crippen LogP contribution in [0, 0.1) is 22.7 Å². The second-order valence-electron chi connectivity index (χ2n) is 4.45. The number of hydrogen-bond acceptors (Lipinski definition) is 5. The maximum atomic E-state index is 12.0. The molecule has 0 spiro atoms. The average molecular weight is 299 g/mol. The molecule has 0 heterocycles. The molecule has 0 aromatic heterocycles. The first-order chi connectivity index (χ1) is 10.6. The molecule has 0 aliphatic rings. The van der Waals surface area contributed by atoms with Crippen LogP contribution < -0.4 is 4.74 Å². The molecule has 0 aliphatic heterocycles. The lowest BCUT2D eigenvalue weighted by Gasteiger charge is -2.15. The van der Waals surface area contributed by atoms with E-state index in [1.807, 2.05) is 19.1 Å². The number of rotatable bonds is 8. The van der Waals surface area contributed by atoms with E-state index in [0.29, 0.717) is 17.9 Å². The summed E-state index contributed by atoms with van der Waals surface area (Å²) in [4.78, 5) is 25.0. The van der Waals surface area contributed by atoms with Crippen LogP contribution in [0.1, 0.15) is 30.1 Å². The summed E-state index contributed by atoms with van der Waals surface area (Å²) in [6.07, 6.45) is 0.0234.